The largest absolute Gasteiger partial charge is 0.398 e. The van der Waals surface area contributed by atoms with Gasteiger partial charge in [0, 0.05) is 16.3 Å². The Kier molecular flexibility index (Phi) is 2.07. The van der Waals surface area contributed by atoms with Gasteiger partial charge in [-0.25, -0.2) is 4.68 Å². The fraction of sp³-hybridized carbons (Fsp3) is 0.300. The topological polar surface area (TPSA) is 69.6 Å². The minimum atomic E-state index is 0.420. The smallest absolute Gasteiger partial charge is 0.184 e. The molecule has 1 aromatic heterocycles. The van der Waals surface area contributed by atoms with Crippen LogP contribution >= 0.6 is 11.6 Å². The maximum absolute atomic E-state index is 5.95. The second-order valence-electron chi connectivity index (χ2n) is 3.91. The number of aromatic nitrogens is 4. The normalized spacial score (nSPS) is 15.3. The number of hydrogen-bond donors (Lipinski definition) is 1. The second kappa shape index (κ2) is 3.45. The third-order valence-electron chi connectivity index (χ3n) is 2.64. The van der Waals surface area contributed by atoms with E-state index in [2.05, 4.69) is 15.5 Å². The van der Waals surface area contributed by atoms with Gasteiger partial charge in [-0.05, 0) is 41.5 Å². The van der Waals surface area contributed by atoms with Crippen LogP contribution in [0.25, 0.3) is 11.4 Å². The zero-order valence-electron chi connectivity index (χ0n) is 8.47. The minimum Gasteiger partial charge on any atom is -0.398 e. The van der Waals surface area contributed by atoms with Crippen LogP contribution in [-0.4, -0.2) is 20.2 Å². The molecule has 6 heteroatoms. The fourth-order valence-corrected chi connectivity index (χ4v) is 1.83. The van der Waals surface area contributed by atoms with E-state index in [1.807, 2.05) is 4.68 Å². The van der Waals surface area contributed by atoms with Crippen LogP contribution in [0.3, 0.4) is 0 Å². The van der Waals surface area contributed by atoms with E-state index in [-0.39, 0.29) is 0 Å². The van der Waals surface area contributed by atoms with Gasteiger partial charge in [0.15, 0.2) is 5.82 Å². The molecule has 0 atom stereocenters. The Hall–Kier alpha value is -1.62. The van der Waals surface area contributed by atoms with Gasteiger partial charge in [-0.1, -0.05) is 11.6 Å². The van der Waals surface area contributed by atoms with Gasteiger partial charge in [-0.15, -0.1) is 5.10 Å². The first-order chi connectivity index (χ1) is 7.75. The molecule has 0 amide bonds. The first-order valence-electron chi connectivity index (χ1n) is 5.09. The monoisotopic (exact) mass is 235 g/mol. The number of nitrogens with zero attached hydrogens (tertiary/aromatic N) is 4. The van der Waals surface area contributed by atoms with Crippen molar-refractivity contribution in [3.05, 3.63) is 23.2 Å². The number of hydrogen-bond acceptors (Lipinski definition) is 4. The van der Waals surface area contributed by atoms with Crippen LogP contribution in [0.4, 0.5) is 5.69 Å². The first-order valence-corrected chi connectivity index (χ1v) is 5.47. The van der Waals surface area contributed by atoms with E-state index >= 15 is 0 Å². The third kappa shape index (κ3) is 1.53. The molecule has 1 saturated carbocycles. The predicted molar refractivity (Wildman–Crippen MR) is 60.9 cm³/mol. The molecule has 1 heterocycles. The molecular formula is C10H10ClN5. The number of anilines is 1. The van der Waals surface area contributed by atoms with Crippen molar-refractivity contribution in [1.29, 1.82) is 0 Å². The number of nitrogen functional groups attached to an aromatic ring is 1. The Morgan fingerprint density at radius 1 is 1.38 bits per heavy atom. The highest BCUT2D eigenvalue weighted by molar-refractivity contribution is 6.31. The zero-order valence-corrected chi connectivity index (χ0v) is 9.22. The standard InChI is InChI=1S/C10H10ClN5/c11-6-1-4-9(12)8(5-6)10-13-14-15-16(10)7-2-3-7/h1,4-5,7H,2-3,12H2. The van der Waals surface area contributed by atoms with E-state index in [4.69, 9.17) is 17.3 Å². The van der Waals surface area contributed by atoms with Gasteiger partial charge >= 0.3 is 0 Å². The SMILES string of the molecule is Nc1ccc(Cl)cc1-c1nnnn1C1CC1. The molecule has 0 unspecified atom stereocenters. The summed E-state index contributed by atoms with van der Waals surface area (Å²) in [6.45, 7) is 0. The molecule has 0 bridgehead atoms. The van der Waals surface area contributed by atoms with Gasteiger partial charge in [0.2, 0.25) is 0 Å². The van der Waals surface area contributed by atoms with Crippen LogP contribution in [0.1, 0.15) is 18.9 Å². The number of halogens is 1. The molecule has 3 rings (SSSR count). The maximum Gasteiger partial charge on any atom is 0.184 e. The van der Waals surface area contributed by atoms with E-state index in [1.165, 1.54) is 0 Å². The molecular weight excluding hydrogens is 226 g/mol. The Balaban J connectivity index is 2.13. The van der Waals surface area contributed by atoms with E-state index in [9.17, 15) is 0 Å². The number of tetrazole rings is 1. The lowest BCUT2D eigenvalue weighted by Gasteiger charge is -2.05. The molecule has 2 aromatic rings. The summed E-state index contributed by atoms with van der Waals surface area (Å²) in [6.07, 6.45) is 2.25. The number of benzene rings is 1. The van der Waals surface area contributed by atoms with Gasteiger partial charge in [0.25, 0.3) is 0 Å². The molecule has 0 saturated heterocycles. The second-order valence-corrected chi connectivity index (χ2v) is 4.35. The van der Waals surface area contributed by atoms with Gasteiger partial charge in [-0.3, -0.25) is 0 Å². The summed E-state index contributed by atoms with van der Waals surface area (Å²) in [7, 11) is 0. The summed E-state index contributed by atoms with van der Waals surface area (Å²) < 4.78 is 1.82. The van der Waals surface area contributed by atoms with Crippen LogP contribution in [-0.2, 0) is 0 Å². The van der Waals surface area contributed by atoms with Gasteiger partial charge in [0.1, 0.15) is 0 Å². The highest BCUT2D eigenvalue weighted by Crippen LogP contribution is 2.38. The summed E-state index contributed by atoms with van der Waals surface area (Å²) in [5.74, 6) is 0.697. The molecule has 0 aliphatic heterocycles. The van der Waals surface area contributed by atoms with Gasteiger partial charge in [0.05, 0.1) is 6.04 Å². The molecule has 16 heavy (non-hydrogen) atoms. The molecule has 1 aliphatic rings. The van der Waals surface area contributed by atoms with Crippen molar-refractivity contribution in [2.24, 2.45) is 0 Å². The fourth-order valence-electron chi connectivity index (χ4n) is 1.66. The Bertz CT molecular complexity index is 532. The average molecular weight is 236 g/mol. The highest BCUT2D eigenvalue weighted by atomic mass is 35.5. The van der Waals surface area contributed by atoms with Crippen molar-refractivity contribution in [2.45, 2.75) is 18.9 Å². The van der Waals surface area contributed by atoms with Crippen molar-refractivity contribution >= 4 is 17.3 Å². The van der Waals surface area contributed by atoms with E-state index in [0.717, 1.165) is 18.4 Å². The van der Waals surface area contributed by atoms with Crippen molar-refractivity contribution in [3.8, 4) is 11.4 Å². The van der Waals surface area contributed by atoms with Crippen LogP contribution in [0.15, 0.2) is 18.2 Å². The molecule has 2 N–H and O–H groups in total. The summed E-state index contributed by atoms with van der Waals surface area (Å²) in [6, 6.07) is 5.74. The Labute approximate surface area is 97.2 Å². The molecule has 1 aromatic carbocycles. The third-order valence-corrected chi connectivity index (χ3v) is 2.88. The lowest BCUT2D eigenvalue weighted by Crippen LogP contribution is -2.01. The van der Waals surface area contributed by atoms with Crippen molar-refractivity contribution in [2.75, 3.05) is 5.73 Å². The van der Waals surface area contributed by atoms with Crippen LogP contribution < -0.4 is 5.73 Å². The highest BCUT2D eigenvalue weighted by Gasteiger charge is 2.28. The van der Waals surface area contributed by atoms with Crippen molar-refractivity contribution in [1.82, 2.24) is 20.2 Å². The van der Waals surface area contributed by atoms with Crippen LogP contribution in [0, 0.1) is 0 Å². The van der Waals surface area contributed by atoms with Crippen LogP contribution in [0.2, 0.25) is 5.02 Å². The Morgan fingerprint density at radius 3 is 2.94 bits per heavy atom. The molecule has 1 aliphatic carbocycles. The van der Waals surface area contributed by atoms with Crippen molar-refractivity contribution in [3.63, 3.8) is 0 Å². The molecule has 0 radical (unpaired) electrons. The van der Waals surface area contributed by atoms with E-state index in [0.29, 0.717) is 22.6 Å². The summed E-state index contributed by atoms with van der Waals surface area (Å²) in [4.78, 5) is 0. The number of nitrogens with two attached hydrogens (primary N) is 1. The lowest BCUT2D eigenvalue weighted by atomic mass is 10.1. The zero-order chi connectivity index (χ0) is 11.1. The average Bonchev–Trinajstić information content (AvgIpc) is 3.01. The quantitative estimate of drug-likeness (QED) is 0.808. The van der Waals surface area contributed by atoms with Gasteiger partial charge < -0.3 is 5.73 Å². The summed E-state index contributed by atoms with van der Waals surface area (Å²) in [5.41, 5.74) is 7.34. The number of rotatable bonds is 2. The van der Waals surface area contributed by atoms with Crippen molar-refractivity contribution < 1.29 is 0 Å². The predicted octanol–water partition coefficient (Wildman–Crippen LogP) is 1.91. The summed E-state index contributed by atoms with van der Waals surface area (Å²) in [5, 5.41) is 12.3. The lowest BCUT2D eigenvalue weighted by molar-refractivity contribution is 0.615. The van der Waals surface area contributed by atoms with Crippen LogP contribution in [0.5, 0.6) is 0 Å². The summed E-state index contributed by atoms with van der Waals surface area (Å²) >= 11 is 5.95. The first kappa shape index (κ1) is 9.59. The minimum absolute atomic E-state index is 0.420. The molecule has 0 spiro atoms. The molecule has 5 nitrogen and oxygen atoms in total. The van der Waals surface area contributed by atoms with E-state index < -0.39 is 0 Å². The molecule has 1 fully saturated rings. The maximum atomic E-state index is 5.95. The Morgan fingerprint density at radius 2 is 2.19 bits per heavy atom. The van der Waals surface area contributed by atoms with E-state index in [1.54, 1.807) is 18.2 Å². The molecule has 82 valence electrons. The van der Waals surface area contributed by atoms with Gasteiger partial charge in [-0.2, -0.15) is 0 Å².